The van der Waals surface area contributed by atoms with E-state index in [0.29, 0.717) is 0 Å². The van der Waals surface area contributed by atoms with Crippen LogP contribution in [0.3, 0.4) is 0 Å². The Bertz CT molecular complexity index is 1840. The van der Waals surface area contributed by atoms with Crippen LogP contribution in [0, 0.1) is 0 Å². The molecule has 0 fully saturated rings. The van der Waals surface area contributed by atoms with Gasteiger partial charge in [0.15, 0.2) is 0 Å². The number of rotatable bonds is 3. The van der Waals surface area contributed by atoms with Crippen LogP contribution in [-0.4, -0.2) is 29.5 Å². The normalized spacial score (nSPS) is 11.4. The van der Waals surface area contributed by atoms with Crippen LogP contribution in [0.1, 0.15) is 0 Å². The zero-order valence-corrected chi connectivity index (χ0v) is 20.4. The molecule has 2 aromatic heterocycles. The van der Waals surface area contributed by atoms with E-state index >= 15 is 0 Å². The van der Waals surface area contributed by atoms with Gasteiger partial charge in [0, 0.05) is 0 Å². The van der Waals surface area contributed by atoms with Crippen LogP contribution >= 0.6 is 0 Å². The van der Waals surface area contributed by atoms with E-state index in [4.69, 9.17) is 15.0 Å². The SMILES string of the molecule is c1ccc(-c2nc3ccc4cc(-c5nc6ccccc6nc5-c5ccccc5)ccc4c3[se]2)cc1. The summed E-state index contributed by atoms with van der Waals surface area (Å²) >= 11 is 0.176. The number of benzene rings is 5. The zero-order chi connectivity index (χ0) is 23.2. The number of aromatic nitrogens is 3. The van der Waals surface area contributed by atoms with Gasteiger partial charge in [-0.1, -0.05) is 0 Å². The van der Waals surface area contributed by atoms with Crippen LogP contribution in [0.4, 0.5) is 0 Å². The Balaban J connectivity index is 1.42. The molecule has 0 bridgehead atoms. The zero-order valence-electron chi connectivity index (χ0n) is 18.7. The quantitative estimate of drug-likeness (QED) is 0.232. The van der Waals surface area contributed by atoms with E-state index in [0.717, 1.165) is 39.1 Å². The van der Waals surface area contributed by atoms with Gasteiger partial charge in [0.1, 0.15) is 0 Å². The van der Waals surface area contributed by atoms with Crippen molar-refractivity contribution in [3.8, 4) is 32.6 Å². The molecule has 5 aromatic carbocycles. The number of fused-ring (bicyclic) bond motifs is 4. The van der Waals surface area contributed by atoms with Gasteiger partial charge in [0.2, 0.25) is 0 Å². The third-order valence-electron chi connectivity index (χ3n) is 6.28. The van der Waals surface area contributed by atoms with Gasteiger partial charge in [-0.3, -0.25) is 0 Å². The van der Waals surface area contributed by atoms with Crippen molar-refractivity contribution in [2.24, 2.45) is 0 Å². The molecule has 0 amide bonds. The Morgan fingerprint density at radius 2 is 1.09 bits per heavy atom. The number of nitrogens with zero attached hydrogens (tertiary/aromatic N) is 3. The van der Waals surface area contributed by atoms with E-state index in [2.05, 4.69) is 72.8 Å². The van der Waals surface area contributed by atoms with Crippen LogP contribution in [0.15, 0.2) is 115 Å². The molecule has 0 radical (unpaired) electrons. The first kappa shape index (κ1) is 20.3. The molecule has 164 valence electrons. The van der Waals surface area contributed by atoms with Gasteiger partial charge in [0.05, 0.1) is 0 Å². The Labute approximate surface area is 208 Å². The van der Waals surface area contributed by atoms with Crippen LogP contribution in [0.2, 0.25) is 0 Å². The standard InChI is InChI=1S/C31H19N3Se/c1-3-9-20(10-4-1)28-29(33-26-14-8-7-13-25(26)32-28)23-15-17-24-22(19-23)16-18-27-30(24)35-31(34-27)21-11-5-2-6-12-21/h1-19H. The number of hydrogen-bond donors (Lipinski definition) is 0. The first-order chi connectivity index (χ1) is 17.3. The van der Waals surface area contributed by atoms with Crippen molar-refractivity contribution in [1.82, 2.24) is 15.0 Å². The Kier molecular flexibility index (Phi) is 4.80. The maximum absolute atomic E-state index is 5.07. The van der Waals surface area contributed by atoms with Crippen LogP contribution in [0.25, 0.3) is 64.2 Å². The minimum absolute atomic E-state index is 0.176. The molecule has 0 aliphatic heterocycles. The van der Waals surface area contributed by atoms with Crippen molar-refractivity contribution < 1.29 is 0 Å². The average molecular weight is 512 g/mol. The van der Waals surface area contributed by atoms with Gasteiger partial charge in [-0.15, -0.1) is 0 Å². The van der Waals surface area contributed by atoms with Crippen molar-refractivity contribution in [3.63, 3.8) is 0 Å². The summed E-state index contributed by atoms with van der Waals surface area (Å²) in [5, 5.41) is 2.48. The summed E-state index contributed by atoms with van der Waals surface area (Å²) in [6, 6.07) is 39.9. The first-order valence-corrected chi connectivity index (χ1v) is 13.3. The van der Waals surface area contributed by atoms with Gasteiger partial charge in [-0.25, -0.2) is 0 Å². The van der Waals surface area contributed by atoms with E-state index in [9.17, 15) is 0 Å². The van der Waals surface area contributed by atoms with Crippen molar-refractivity contribution in [1.29, 1.82) is 0 Å². The summed E-state index contributed by atoms with van der Waals surface area (Å²) in [5.41, 5.74) is 8.07. The summed E-state index contributed by atoms with van der Waals surface area (Å²) < 4.78 is 2.55. The van der Waals surface area contributed by atoms with Crippen LogP contribution in [-0.2, 0) is 0 Å². The molecule has 35 heavy (non-hydrogen) atoms. The van der Waals surface area contributed by atoms with Crippen molar-refractivity contribution >= 4 is 46.1 Å². The van der Waals surface area contributed by atoms with Crippen LogP contribution in [0.5, 0.6) is 0 Å². The molecule has 4 heteroatoms. The average Bonchev–Trinajstić information content (AvgIpc) is 3.38. The summed E-state index contributed by atoms with van der Waals surface area (Å²) in [6.07, 6.45) is 0. The molecule has 0 aliphatic rings. The third kappa shape index (κ3) is 3.55. The van der Waals surface area contributed by atoms with Crippen LogP contribution < -0.4 is 0 Å². The van der Waals surface area contributed by atoms with Gasteiger partial charge in [-0.2, -0.15) is 0 Å². The van der Waals surface area contributed by atoms with Gasteiger partial charge >= 0.3 is 209 Å². The first-order valence-electron chi connectivity index (χ1n) is 11.5. The fourth-order valence-electron chi connectivity index (χ4n) is 4.56. The second-order valence-corrected chi connectivity index (χ2v) is 10.6. The Morgan fingerprint density at radius 3 is 1.80 bits per heavy atom. The van der Waals surface area contributed by atoms with E-state index in [1.165, 1.54) is 25.2 Å². The monoisotopic (exact) mass is 513 g/mol. The molecule has 0 atom stereocenters. The summed E-state index contributed by atoms with van der Waals surface area (Å²) in [7, 11) is 0. The number of para-hydroxylation sites is 2. The van der Waals surface area contributed by atoms with Crippen molar-refractivity contribution in [3.05, 3.63) is 115 Å². The molecule has 0 aliphatic carbocycles. The summed E-state index contributed by atoms with van der Waals surface area (Å²) in [6.45, 7) is 0. The molecule has 0 saturated heterocycles. The van der Waals surface area contributed by atoms with Gasteiger partial charge in [0.25, 0.3) is 0 Å². The molecule has 2 heterocycles. The van der Waals surface area contributed by atoms with E-state index in [-0.39, 0.29) is 14.5 Å². The fraction of sp³-hybridized carbons (Fsp3) is 0. The van der Waals surface area contributed by atoms with E-state index < -0.39 is 0 Å². The summed E-state index contributed by atoms with van der Waals surface area (Å²) in [5.74, 6) is 0. The third-order valence-corrected chi connectivity index (χ3v) is 8.70. The Morgan fingerprint density at radius 1 is 0.457 bits per heavy atom. The predicted molar refractivity (Wildman–Crippen MR) is 146 cm³/mol. The molecule has 0 spiro atoms. The molecular weight excluding hydrogens is 493 g/mol. The van der Waals surface area contributed by atoms with Crippen molar-refractivity contribution in [2.45, 2.75) is 0 Å². The second kappa shape index (κ2) is 8.28. The molecular formula is C31H19N3Se. The topological polar surface area (TPSA) is 38.7 Å². The molecule has 7 aromatic rings. The fourth-order valence-corrected chi connectivity index (χ4v) is 6.88. The number of hydrogen-bond acceptors (Lipinski definition) is 3. The molecule has 3 nitrogen and oxygen atoms in total. The molecule has 7 rings (SSSR count). The van der Waals surface area contributed by atoms with Gasteiger partial charge < -0.3 is 0 Å². The molecule has 0 unspecified atom stereocenters. The predicted octanol–water partition coefficient (Wildman–Crippen LogP) is 7.39. The van der Waals surface area contributed by atoms with Crippen molar-refractivity contribution in [2.75, 3.05) is 0 Å². The molecule has 0 N–H and O–H groups in total. The molecule has 0 saturated carbocycles. The minimum atomic E-state index is 0.176. The van der Waals surface area contributed by atoms with E-state index in [1.807, 2.05) is 42.5 Å². The van der Waals surface area contributed by atoms with Gasteiger partial charge in [-0.05, 0) is 0 Å². The second-order valence-electron chi connectivity index (χ2n) is 8.51. The Hall–Kier alpha value is -4.11. The maximum atomic E-state index is 5.07. The van der Waals surface area contributed by atoms with E-state index in [1.54, 1.807) is 0 Å². The summed E-state index contributed by atoms with van der Waals surface area (Å²) in [4.78, 5) is 15.1.